The van der Waals surface area contributed by atoms with Crippen LogP contribution in [0.5, 0.6) is 0 Å². The number of carboxylic acids is 1. The standard InChI is InChI=1S/C7H7ClN2O3S/c8-2-1-14-6-3(9)5(11)10(6)4(2)7(12)13/h3,6H,1,9H2,(H,12,13)/t3?,6-/m0/s1. The number of hydrogen-bond donors (Lipinski definition) is 2. The van der Waals surface area contributed by atoms with Crippen LogP contribution in [0.4, 0.5) is 0 Å². The molecule has 2 heterocycles. The number of carboxylic acid groups (broad SMARTS) is 1. The first-order chi connectivity index (χ1) is 6.54. The molecule has 1 amide bonds. The average molecular weight is 235 g/mol. The average Bonchev–Trinajstić information content (AvgIpc) is 2.15. The fourth-order valence-electron chi connectivity index (χ4n) is 1.48. The zero-order valence-corrected chi connectivity index (χ0v) is 8.51. The van der Waals surface area contributed by atoms with Crippen LogP contribution in [0.2, 0.25) is 0 Å². The van der Waals surface area contributed by atoms with Gasteiger partial charge in [0.05, 0.1) is 5.03 Å². The van der Waals surface area contributed by atoms with Crippen molar-refractivity contribution in [1.29, 1.82) is 0 Å². The molecule has 7 heteroatoms. The van der Waals surface area contributed by atoms with Crippen molar-refractivity contribution in [1.82, 2.24) is 4.90 Å². The van der Waals surface area contributed by atoms with Gasteiger partial charge in [0.25, 0.3) is 0 Å². The molecule has 2 rings (SSSR count). The minimum absolute atomic E-state index is 0.123. The van der Waals surface area contributed by atoms with E-state index in [4.69, 9.17) is 22.4 Å². The molecule has 1 unspecified atom stereocenters. The number of carbonyl (C=O) groups is 2. The maximum Gasteiger partial charge on any atom is 0.353 e. The summed E-state index contributed by atoms with van der Waals surface area (Å²) in [5, 5.41) is 8.77. The van der Waals surface area contributed by atoms with E-state index in [1.54, 1.807) is 0 Å². The number of β-lactam (4-membered cyclic amide) rings is 1. The van der Waals surface area contributed by atoms with Crippen LogP contribution in [0.3, 0.4) is 0 Å². The summed E-state index contributed by atoms with van der Waals surface area (Å²) in [6.45, 7) is 0. The molecule has 2 aliphatic rings. The van der Waals surface area contributed by atoms with Crippen LogP contribution in [0.25, 0.3) is 0 Å². The Kier molecular flexibility index (Phi) is 2.21. The maximum atomic E-state index is 11.3. The van der Waals surface area contributed by atoms with E-state index in [1.165, 1.54) is 11.8 Å². The Morgan fingerprint density at radius 3 is 2.93 bits per heavy atom. The molecule has 0 saturated carbocycles. The van der Waals surface area contributed by atoms with Gasteiger partial charge in [-0.15, -0.1) is 11.8 Å². The van der Waals surface area contributed by atoms with Gasteiger partial charge in [0.15, 0.2) is 0 Å². The predicted octanol–water partition coefficient (Wildman–Crippen LogP) is -0.236. The van der Waals surface area contributed by atoms with Gasteiger partial charge < -0.3 is 10.8 Å². The lowest BCUT2D eigenvalue weighted by molar-refractivity contribution is -0.147. The number of thioether (sulfide) groups is 1. The van der Waals surface area contributed by atoms with E-state index in [2.05, 4.69) is 0 Å². The summed E-state index contributed by atoms with van der Waals surface area (Å²) < 4.78 is 0. The highest BCUT2D eigenvalue weighted by atomic mass is 35.5. The Labute approximate surface area is 88.9 Å². The molecule has 0 aromatic carbocycles. The van der Waals surface area contributed by atoms with Crippen molar-refractivity contribution >= 4 is 35.2 Å². The molecule has 0 radical (unpaired) electrons. The van der Waals surface area contributed by atoms with E-state index in [1.807, 2.05) is 0 Å². The third kappa shape index (κ3) is 1.14. The van der Waals surface area contributed by atoms with Gasteiger partial charge >= 0.3 is 5.97 Å². The highest BCUT2D eigenvalue weighted by molar-refractivity contribution is 8.00. The Balaban J connectivity index is 2.37. The summed E-state index contributed by atoms with van der Waals surface area (Å²) in [6, 6.07) is -0.598. The van der Waals surface area contributed by atoms with Crippen LogP contribution in [0.1, 0.15) is 0 Å². The van der Waals surface area contributed by atoms with Crippen molar-refractivity contribution in [2.75, 3.05) is 5.75 Å². The molecule has 1 fully saturated rings. The van der Waals surface area contributed by atoms with E-state index >= 15 is 0 Å². The smallest absolute Gasteiger partial charge is 0.353 e. The molecule has 2 atom stereocenters. The lowest BCUT2D eigenvalue weighted by Crippen LogP contribution is -2.68. The lowest BCUT2D eigenvalue weighted by Gasteiger charge is -2.47. The molecule has 5 nitrogen and oxygen atoms in total. The number of nitrogens with two attached hydrogens (primary N) is 1. The second-order valence-electron chi connectivity index (χ2n) is 2.99. The van der Waals surface area contributed by atoms with Crippen molar-refractivity contribution in [3.8, 4) is 0 Å². The molecule has 1 saturated heterocycles. The summed E-state index contributed by atoms with van der Waals surface area (Å²) in [6.07, 6.45) is 0. The molecular weight excluding hydrogens is 228 g/mol. The fraction of sp³-hybridized carbons (Fsp3) is 0.429. The largest absolute Gasteiger partial charge is 0.477 e. The van der Waals surface area contributed by atoms with E-state index in [9.17, 15) is 9.59 Å². The zero-order valence-electron chi connectivity index (χ0n) is 6.94. The first-order valence-corrected chi connectivity index (χ1v) is 5.29. The van der Waals surface area contributed by atoms with Gasteiger partial charge in [-0.2, -0.15) is 0 Å². The van der Waals surface area contributed by atoms with Crippen LogP contribution in [-0.2, 0) is 9.59 Å². The summed E-state index contributed by atoms with van der Waals surface area (Å²) in [4.78, 5) is 23.3. The quantitative estimate of drug-likeness (QED) is 0.612. The van der Waals surface area contributed by atoms with E-state index in [-0.39, 0.29) is 22.0 Å². The van der Waals surface area contributed by atoms with Crippen molar-refractivity contribution in [2.24, 2.45) is 5.73 Å². The van der Waals surface area contributed by atoms with Crippen molar-refractivity contribution in [3.05, 3.63) is 10.7 Å². The number of aliphatic carboxylic acids is 1. The topological polar surface area (TPSA) is 83.6 Å². The van der Waals surface area contributed by atoms with Gasteiger partial charge in [-0.25, -0.2) is 4.79 Å². The third-order valence-electron chi connectivity index (χ3n) is 2.17. The molecule has 76 valence electrons. The summed E-state index contributed by atoms with van der Waals surface area (Å²) >= 11 is 7.11. The molecule has 0 aromatic heterocycles. The molecular formula is C7H7ClN2O3S. The van der Waals surface area contributed by atoms with Gasteiger partial charge in [0, 0.05) is 5.75 Å². The Morgan fingerprint density at radius 2 is 2.36 bits per heavy atom. The van der Waals surface area contributed by atoms with Crippen LogP contribution in [-0.4, -0.2) is 39.1 Å². The molecule has 0 aromatic rings. The molecule has 0 bridgehead atoms. The van der Waals surface area contributed by atoms with Crippen LogP contribution in [0.15, 0.2) is 10.7 Å². The van der Waals surface area contributed by atoms with Gasteiger partial charge in [0.1, 0.15) is 17.1 Å². The summed E-state index contributed by atoms with van der Waals surface area (Å²) in [7, 11) is 0. The van der Waals surface area contributed by atoms with Crippen LogP contribution >= 0.6 is 23.4 Å². The van der Waals surface area contributed by atoms with Gasteiger partial charge in [-0.05, 0) is 0 Å². The normalized spacial score (nSPS) is 31.3. The minimum Gasteiger partial charge on any atom is -0.477 e. The first kappa shape index (κ1) is 9.82. The van der Waals surface area contributed by atoms with Crippen molar-refractivity contribution in [3.63, 3.8) is 0 Å². The monoisotopic (exact) mass is 234 g/mol. The number of rotatable bonds is 1. The summed E-state index contributed by atoms with van der Waals surface area (Å²) in [5.41, 5.74) is 5.39. The molecule has 14 heavy (non-hydrogen) atoms. The predicted molar refractivity (Wildman–Crippen MR) is 51.6 cm³/mol. The lowest BCUT2D eigenvalue weighted by atomic mass is 10.1. The van der Waals surface area contributed by atoms with E-state index < -0.39 is 12.0 Å². The van der Waals surface area contributed by atoms with Crippen LogP contribution < -0.4 is 5.73 Å². The Hall–Kier alpha value is -0.720. The van der Waals surface area contributed by atoms with E-state index in [0.29, 0.717) is 5.75 Å². The fourth-order valence-corrected chi connectivity index (χ4v) is 2.98. The number of carbonyl (C=O) groups excluding carboxylic acids is 1. The van der Waals surface area contributed by atoms with Crippen LogP contribution in [0, 0.1) is 0 Å². The molecule has 2 aliphatic heterocycles. The first-order valence-electron chi connectivity index (χ1n) is 3.86. The van der Waals surface area contributed by atoms with Crippen molar-refractivity contribution in [2.45, 2.75) is 11.4 Å². The molecule has 0 spiro atoms. The number of fused-ring (bicyclic) bond motifs is 1. The second kappa shape index (κ2) is 3.15. The highest BCUT2D eigenvalue weighted by Gasteiger charge is 2.51. The number of nitrogens with zero attached hydrogens (tertiary/aromatic N) is 1. The zero-order chi connectivity index (χ0) is 10.5. The van der Waals surface area contributed by atoms with Gasteiger partial charge in [-0.3, -0.25) is 9.69 Å². The molecule has 3 N–H and O–H groups in total. The third-order valence-corrected chi connectivity index (χ3v) is 3.94. The Bertz CT molecular complexity index is 357. The van der Waals surface area contributed by atoms with Gasteiger partial charge in [-0.1, -0.05) is 11.6 Å². The number of hydrogen-bond acceptors (Lipinski definition) is 4. The SMILES string of the molecule is NC1C(=O)N2C(C(=O)O)=C(Cl)CS[C@@H]12. The minimum atomic E-state index is -1.18. The van der Waals surface area contributed by atoms with Gasteiger partial charge in [0.2, 0.25) is 5.91 Å². The number of halogens is 1. The van der Waals surface area contributed by atoms with E-state index in [0.717, 1.165) is 4.90 Å². The summed E-state index contributed by atoms with van der Waals surface area (Å²) in [5.74, 6) is -1.16. The van der Waals surface area contributed by atoms with Crippen molar-refractivity contribution < 1.29 is 14.7 Å². The molecule has 0 aliphatic carbocycles. The maximum absolute atomic E-state index is 11.3. The second-order valence-corrected chi connectivity index (χ2v) is 4.56. The highest BCUT2D eigenvalue weighted by Crippen LogP contribution is 2.40. The number of amides is 1. The Morgan fingerprint density at radius 1 is 1.71 bits per heavy atom.